The second kappa shape index (κ2) is 5.85. The highest BCUT2D eigenvalue weighted by atomic mass is 16.5. The number of nitrogens with one attached hydrogen (secondary N) is 2. The predicted molar refractivity (Wildman–Crippen MR) is 85.8 cm³/mol. The highest BCUT2D eigenvalue weighted by molar-refractivity contribution is 5.90. The molecule has 0 saturated carbocycles. The molecule has 2 N–H and O–H groups in total. The largest absolute Gasteiger partial charge is 0.379 e. The van der Waals surface area contributed by atoms with Gasteiger partial charge in [-0.15, -0.1) is 0 Å². The van der Waals surface area contributed by atoms with Gasteiger partial charge in [-0.25, -0.2) is 4.98 Å². The zero-order valence-corrected chi connectivity index (χ0v) is 12.6. The summed E-state index contributed by atoms with van der Waals surface area (Å²) in [6, 6.07) is 8.09. The first-order valence-corrected chi connectivity index (χ1v) is 7.57. The second-order valence-electron chi connectivity index (χ2n) is 5.79. The lowest BCUT2D eigenvalue weighted by atomic mass is 9.95. The van der Waals surface area contributed by atoms with E-state index < -0.39 is 0 Å². The Morgan fingerprint density at radius 3 is 2.90 bits per heavy atom. The Bertz CT molecular complexity index is 623. The van der Waals surface area contributed by atoms with Crippen LogP contribution in [0.2, 0.25) is 0 Å². The van der Waals surface area contributed by atoms with E-state index in [-0.39, 0.29) is 5.54 Å². The van der Waals surface area contributed by atoms with Crippen LogP contribution in [0, 0.1) is 0 Å². The number of anilines is 2. The molecule has 0 bridgehead atoms. The van der Waals surface area contributed by atoms with E-state index in [9.17, 15) is 0 Å². The van der Waals surface area contributed by atoms with Gasteiger partial charge in [0.2, 0.25) is 5.95 Å². The average Bonchev–Trinajstić information content (AvgIpc) is 2.48. The van der Waals surface area contributed by atoms with E-state index in [1.807, 2.05) is 25.1 Å². The molecule has 2 heterocycles. The highest BCUT2D eigenvalue weighted by Crippen LogP contribution is 2.28. The fourth-order valence-corrected chi connectivity index (χ4v) is 2.73. The molecule has 2 aromatic rings. The number of hydrogen-bond donors (Lipinski definition) is 2. The molecule has 5 heteroatoms. The Morgan fingerprint density at radius 1 is 1.29 bits per heavy atom. The topological polar surface area (TPSA) is 59.1 Å². The maximum absolute atomic E-state index is 5.63. The number of ether oxygens (including phenoxy) is 1. The van der Waals surface area contributed by atoms with Crippen molar-refractivity contribution in [1.29, 1.82) is 0 Å². The Kier molecular flexibility index (Phi) is 3.92. The Labute approximate surface area is 125 Å². The molecule has 1 unspecified atom stereocenters. The van der Waals surface area contributed by atoms with Crippen molar-refractivity contribution in [1.82, 2.24) is 9.97 Å². The van der Waals surface area contributed by atoms with Crippen molar-refractivity contribution in [3.63, 3.8) is 0 Å². The Morgan fingerprint density at radius 2 is 2.14 bits per heavy atom. The monoisotopic (exact) mass is 286 g/mol. The third-order valence-electron chi connectivity index (χ3n) is 3.80. The van der Waals surface area contributed by atoms with Crippen molar-refractivity contribution >= 4 is 22.7 Å². The minimum atomic E-state index is -0.0706. The molecule has 0 aliphatic carbocycles. The first kappa shape index (κ1) is 14.1. The van der Waals surface area contributed by atoms with Crippen molar-refractivity contribution in [2.24, 2.45) is 0 Å². The number of aromatic nitrogens is 2. The summed E-state index contributed by atoms with van der Waals surface area (Å²) < 4.78 is 5.63. The molecule has 1 fully saturated rings. The zero-order valence-electron chi connectivity index (χ0n) is 12.6. The molecule has 0 radical (unpaired) electrons. The van der Waals surface area contributed by atoms with E-state index in [0.717, 1.165) is 42.7 Å². The van der Waals surface area contributed by atoms with Crippen LogP contribution in [0.3, 0.4) is 0 Å². The van der Waals surface area contributed by atoms with Gasteiger partial charge in [-0.05, 0) is 38.8 Å². The number of nitrogens with zero attached hydrogens (tertiary/aromatic N) is 2. The van der Waals surface area contributed by atoms with Gasteiger partial charge in [-0.1, -0.05) is 12.1 Å². The van der Waals surface area contributed by atoms with Crippen LogP contribution in [0.5, 0.6) is 0 Å². The van der Waals surface area contributed by atoms with Crippen molar-refractivity contribution in [3.05, 3.63) is 24.3 Å². The number of benzene rings is 1. The molecule has 3 rings (SSSR count). The highest BCUT2D eigenvalue weighted by Gasteiger charge is 2.28. The summed E-state index contributed by atoms with van der Waals surface area (Å²) in [5.41, 5.74) is 0.880. The van der Waals surface area contributed by atoms with Gasteiger partial charge in [-0.3, -0.25) is 0 Å². The first-order chi connectivity index (χ1) is 10.2. The van der Waals surface area contributed by atoms with Gasteiger partial charge in [0.05, 0.1) is 17.7 Å². The number of rotatable bonds is 4. The van der Waals surface area contributed by atoms with Crippen molar-refractivity contribution in [2.45, 2.75) is 32.2 Å². The molecule has 1 saturated heterocycles. The first-order valence-electron chi connectivity index (χ1n) is 7.57. The van der Waals surface area contributed by atoms with Crippen LogP contribution in [0.15, 0.2) is 24.3 Å². The third kappa shape index (κ3) is 3.08. The lowest BCUT2D eigenvalue weighted by Gasteiger charge is -2.35. The van der Waals surface area contributed by atoms with E-state index in [1.54, 1.807) is 0 Å². The SMILES string of the molecule is CCNc1nc(NC2(C)CCCOC2)c2ccccc2n1. The molecular weight excluding hydrogens is 264 g/mol. The summed E-state index contributed by atoms with van der Waals surface area (Å²) in [6.45, 7) is 6.60. The van der Waals surface area contributed by atoms with Crippen molar-refractivity contribution < 1.29 is 4.74 Å². The smallest absolute Gasteiger partial charge is 0.225 e. The van der Waals surface area contributed by atoms with Crippen LogP contribution in [-0.4, -0.2) is 35.3 Å². The van der Waals surface area contributed by atoms with Crippen LogP contribution in [0.1, 0.15) is 26.7 Å². The molecule has 1 atom stereocenters. The maximum atomic E-state index is 5.63. The predicted octanol–water partition coefficient (Wildman–Crippen LogP) is 3.04. The van der Waals surface area contributed by atoms with E-state index in [0.29, 0.717) is 12.6 Å². The van der Waals surface area contributed by atoms with Gasteiger partial charge in [-0.2, -0.15) is 4.98 Å². The Hall–Kier alpha value is -1.88. The van der Waals surface area contributed by atoms with Crippen molar-refractivity contribution in [3.8, 4) is 0 Å². The molecule has 0 spiro atoms. The van der Waals surface area contributed by atoms with Gasteiger partial charge in [0.15, 0.2) is 0 Å². The lowest BCUT2D eigenvalue weighted by molar-refractivity contribution is 0.0539. The van der Waals surface area contributed by atoms with Crippen LogP contribution >= 0.6 is 0 Å². The molecule has 21 heavy (non-hydrogen) atoms. The molecule has 1 aliphatic rings. The van der Waals surface area contributed by atoms with E-state index in [2.05, 4.69) is 33.6 Å². The van der Waals surface area contributed by atoms with E-state index in [4.69, 9.17) is 4.74 Å². The normalized spacial score (nSPS) is 22.2. The fourth-order valence-electron chi connectivity index (χ4n) is 2.73. The third-order valence-corrected chi connectivity index (χ3v) is 3.80. The summed E-state index contributed by atoms with van der Waals surface area (Å²) >= 11 is 0. The van der Waals surface area contributed by atoms with Gasteiger partial charge < -0.3 is 15.4 Å². The molecular formula is C16H22N4O. The molecule has 0 amide bonds. The van der Waals surface area contributed by atoms with Gasteiger partial charge in [0, 0.05) is 18.5 Å². The minimum absolute atomic E-state index is 0.0706. The summed E-state index contributed by atoms with van der Waals surface area (Å²) in [6.07, 6.45) is 2.16. The molecule has 1 aliphatic heterocycles. The molecule has 112 valence electrons. The minimum Gasteiger partial charge on any atom is -0.379 e. The summed E-state index contributed by atoms with van der Waals surface area (Å²) in [4.78, 5) is 9.19. The van der Waals surface area contributed by atoms with Crippen molar-refractivity contribution in [2.75, 3.05) is 30.4 Å². The summed E-state index contributed by atoms with van der Waals surface area (Å²) in [7, 11) is 0. The quantitative estimate of drug-likeness (QED) is 0.904. The van der Waals surface area contributed by atoms with Gasteiger partial charge in [0.25, 0.3) is 0 Å². The average molecular weight is 286 g/mol. The number of hydrogen-bond acceptors (Lipinski definition) is 5. The zero-order chi connectivity index (χ0) is 14.7. The van der Waals surface area contributed by atoms with Gasteiger partial charge in [0.1, 0.15) is 5.82 Å². The number of fused-ring (bicyclic) bond motifs is 1. The molecule has 1 aromatic heterocycles. The Balaban J connectivity index is 1.99. The molecule has 1 aromatic carbocycles. The summed E-state index contributed by atoms with van der Waals surface area (Å²) in [5.74, 6) is 1.54. The van der Waals surface area contributed by atoms with Crippen LogP contribution in [0.4, 0.5) is 11.8 Å². The lowest BCUT2D eigenvalue weighted by Crippen LogP contribution is -2.43. The number of para-hydroxylation sites is 1. The summed E-state index contributed by atoms with van der Waals surface area (Å²) in [5, 5.41) is 7.83. The molecule has 5 nitrogen and oxygen atoms in total. The van der Waals surface area contributed by atoms with E-state index >= 15 is 0 Å². The van der Waals surface area contributed by atoms with Crippen LogP contribution < -0.4 is 10.6 Å². The fraction of sp³-hybridized carbons (Fsp3) is 0.500. The second-order valence-corrected chi connectivity index (χ2v) is 5.79. The van der Waals surface area contributed by atoms with Crippen LogP contribution in [-0.2, 0) is 4.74 Å². The maximum Gasteiger partial charge on any atom is 0.225 e. The van der Waals surface area contributed by atoms with Crippen LogP contribution in [0.25, 0.3) is 10.9 Å². The van der Waals surface area contributed by atoms with E-state index in [1.165, 1.54) is 0 Å². The van der Waals surface area contributed by atoms with Gasteiger partial charge >= 0.3 is 0 Å². The standard InChI is InChI=1S/C16H22N4O/c1-3-17-15-18-13-8-5-4-7-12(13)14(19-15)20-16(2)9-6-10-21-11-16/h4-5,7-8H,3,6,9-11H2,1-2H3,(H2,17,18,19,20).